The Morgan fingerprint density at radius 1 is 1.14 bits per heavy atom. The van der Waals surface area contributed by atoms with Crippen molar-refractivity contribution in [3.05, 3.63) is 57.9 Å². The maximum Gasteiger partial charge on any atom is 0.313 e. The summed E-state index contributed by atoms with van der Waals surface area (Å²) in [5.74, 6) is -1.72. The Labute approximate surface area is 166 Å². The molecule has 1 atom stereocenters. The normalized spacial score (nSPS) is 11.6. The van der Waals surface area contributed by atoms with Crippen LogP contribution in [0.2, 0.25) is 5.02 Å². The van der Waals surface area contributed by atoms with Crippen molar-refractivity contribution >= 4 is 23.4 Å². The average Bonchev–Trinajstić information content (AvgIpc) is 2.68. The number of methoxy groups -OCH3 is 2. The van der Waals surface area contributed by atoms with Gasteiger partial charge < -0.3 is 19.3 Å². The topological polar surface area (TPSA) is 82.1 Å². The highest BCUT2D eigenvalue weighted by molar-refractivity contribution is 6.30. The lowest BCUT2D eigenvalue weighted by molar-refractivity contribution is -0.141. The van der Waals surface area contributed by atoms with Gasteiger partial charge in [0, 0.05) is 17.2 Å². The molecule has 0 aliphatic heterocycles. The zero-order valence-electron chi connectivity index (χ0n) is 15.6. The van der Waals surface area contributed by atoms with Crippen LogP contribution in [0.15, 0.2) is 30.3 Å². The third kappa shape index (κ3) is 4.61. The molecule has 0 aliphatic rings. The third-order valence-electron chi connectivity index (χ3n) is 4.03. The van der Waals surface area contributed by atoms with Crippen LogP contribution in [-0.2, 0) is 9.53 Å². The van der Waals surface area contributed by atoms with Crippen LogP contribution in [0.25, 0.3) is 0 Å². The number of esters is 1. The zero-order valence-corrected chi connectivity index (χ0v) is 16.4. The minimum absolute atomic E-state index is 0.0350. The molecule has 0 saturated carbocycles. The monoisotopic (exact) mass is 410 g/mol. The highest BCUT2D eigenvalue weighted by Gasteiger charge is 2.25. The van der Waals surface area contributed by atoms with Crippen molar-refractivity contribution in [2.75, 3.05) is 20.8 Å². The second kappa shape index (κ2) is 9.52. The number of carbonyl (C=O) groups is 2. The number of ether oxygens (including phenoxy) is 3. The van der Waals surface area contributed by atoms with Gasteiger partial charge in [-0.05, 0) is 19.1 Å². The van der Waals surface area contributed by atoms with E-state index in [9.17, 15) is 19.1 Å². The van der Waals surface area contributed by atoms with Crippen LogP contribution in [0.3, 0.4) is 0 Å². The third-order valence-corrected chi connectivity index (χ3v) is 4.33. The summed E-state index contributed by atoms with van der Waals surface area (Å²) in [4.78, 5) is 24.2. The first-order chi connectivity index (χ1) is 13.3. The number of halogens is 2. The van der Waals surface area contributed by atoms with Crippen LogP contribution in [0.4, 0.5) is 4.39 Å². The summed E-state index contributed by atoms with van der Waals surface area (Å²) in [6.45, 7) is 1.77. The predicted octanol–water partition coefficient (Wildman–Crippen LogP) is 3.71. The molecule has 0 aromatic heterocycles. The maximum atomic E-state index is 14.3. The largest absolute Gasteiger partial charge is 0.496 e. The fourth-order valence-electron chi connectivity index (χ4n) is 2.69. The highest BCUT2D eigenvalue weighted by Crippen LogP contribution is 2.37. The minimum atomic E-state index is -1.46. The lowest BCUT2D eigenvalue weighted by Gasteiger charge is -2.19. The van der Waals surface area contributed by atoms with E-state index in [-0.39, 0.29) is 39.8 Å². The molecule has 0 fully saturated rings. The van der Waals surface area contributed by atoms with E-state index in [1.54, 1.807) is 6.92 Å². The molecule has 0 spiro atoms. The Bertz CT molecular complexity index is 883. The van der Waals surface area contributed by atoms with Crippen LogP contribution in [-0.4, -0.2) is 37.7 Å². The van der Waals surface area contributed by atoms with E-state index < -0.39 is 30.1 Å². The summed E-state index contributed by atoms with van der Waals surface area (Å²) < 4.78 is 29.6. The van der Waals surface area contributed by atoms with Crippen molar-refractivity contribution in [2.24, 2.45) is 0 Å². The molecule has 2 aromatic carbocycles. The molecular formula is C20H20ClFO6. The van der Waals surface area contributed by atoms with E-state index in [1.165, 1.54) is 44.6 Å². The van der Waals surface area contributed by atoms with Gasteiger partial charge in [-0.25, -0.2) is 4.39 Å². The van der Waals surface area contributed by atoms with E-state index in [2.05, 4.69) is 0 Å². The van der Waals surface area contributed by atoms with Gasteiger partial charge in [0.15, 0.2) is 5.78 Å². The molecule has 0 heterocycles. The number of hydrogen-bond donors (Lipinski definition) is 1. The number of ketones is 1. The number of aliphatic hydroxyl groups excluding tert-OH is 1. The molecule has 150 valence electrons. The molecule has 0 aliphatic carbocycles. The number of carbonyl (C=O) groups excluding carboxylic acids is 2. The zero-order chi connectivity index (χ0) is 20.8. The molecule has 2 aromatic rings. The fraction of sp³-hybridized carbons (Fsp3) is 0.300. The van der Waals surface area contributed by atoms with Gasteiger partial charge in [-0.3, -0.25) is 9.59 Å². The Kier molecular flexibility index (Phi) is 7.37. The van der Waals surface area contributed by atoms with Gasteiger partial charge in [0.25, 0.3) is 0 Å². The van der Waals surface area contributed by atoms with E-state index in [0.29, 0.717) is 0 Å². The molecule has 0 saturated heterocycles. The first kappa shape index (κ1) is 21.7. The van der Waals surface area contributed by atoms with Gasteiger partial charge in [0.1, 0.15) is 29.8 Å². The van der Waals surface area contributed by atoms with Crippen LogP contribution in [0.1, 0.15) is 40.9 Å². The number of benzene rings is 2. The Morgan fingerprint density at radius 3 is 2.43 bits per heavy atom. The summed E-state index contributed by atoms with van der Waals surface area (Å²) in [5, 5.41) is 10.6. The van der Waals surface area contributed by atoms with Crippen LogP contribution < -0.4 is 9.47 Å². The number of hydrogen-bond acceptors (Lipinski definition) is 6. The predicted molar refractivity (Wildman–Crippen MR) is 101 cm³/mol. The number of Topliss-reactive ketones (excluding diaryl/α,β-unsaturated/α-hetero) is 1. The summed E-state index contributed by atoms with van der Waals surface area (Å²) >= 11 is 5.79. The molecule has 1 unspecified atom stereocenters. The number of rotatable bonds is 8. The van der Waals surface area contributed by atoms with Crippen molar-refractivity contribution in [2.45, 2.75) is 19.4 Å². The van der Waals surface area contributed by atoms with Gasteiger partial charge in [-0.2, -0.15) is 0 Å². The van der Waals surface area contributed by atoms with Crippen molar-refractivity contribution < 1.29 is 33.3 Å². The second-order valence-corrected chi connectivity index (χ2v) is 6.15. The quantitative estimate of drug-likeness (QED) is 0.406. The Hall–Kier alpha value is -2.64. The summed E-state index contributed by atoms with van der Waals surface area (Å²) in [7, 11) is 2.71. The van der Waals surface area contributed by atoms with E-state index >= 15 is 0 Å². The number of aliphatic hydroxyl groups is 1. The lowest BCUT2D eigenvalue weighted by Crippen LogP contribution is -2.14. The van der Waals surface area contributed by atoms with E-state index in [1.807, 2.05) is 0 Å². The first-order valence-corrected chi connectivity index (χ1v) is 8.78. The Balaban J connectivity index is 2.53. The summed E-state index contributed by atoms with van der Waals surface area (Å²) in [6, 6.07) is 6.92. The van der Waals surface area contributed by atoms with Crippen LogP contribution in [0.5, 0.6) is 11.5 Å². The molecule has 28 heavy (non-hydrogen) atoms. The summed E-state index contributed by atoms with van der Waals surface area (Å²) in [5.41, 5.74) is 0.0734. The molecule has 1 N–H and O–H groups in total. The van der Waals surface area contributed by atoms with Crippen molar-refractivity contribution in [3.63, 3.8) is 0 Å². The molecular weight excluding hydrogens is 391 g/mol. The average molecular weight is 411 g/mol. The second-order valence-electron chi connectivity index (χ2n) is 5.74. The van der Waals surface area contributed by atoms with Gasteiger partial charge in [-0.15, -0.1) is 0 Å². The fourth-order valence-corrected chi connectivity index (χ4v) is 2.87. The molecule has 0 amide bonds. The van der Waals surface area contributed by atoms with Gasteiger partial charge >= 0.3 is 5.97 Å². The summed E-state index contributed by atoms with van der Waals surface area (Å²) in [6.07, 6.45) is -1.97. The molecule has 0 radical (unpaired) electrons. The molecule has 8 heteroatoms. The molecule has 2 rings (SSSR count). The van der Waals surface area contributed by atoms with Crippen molar-refractivity contribution in [1.29, 1.82) is 0 Å². The smallest absolute Gasteiger partial charge is 0.313 e. The van der Waals surface area contributed by atoms with Crippen molar-refractivity contribution in [1.82, 2.24) is 0 Å². The van der Waals surface area contributed by atoms with Gasteiger partial charge in [0.2, 0.25) is 0 Å². The van der Waals surface area contributed by atoms with Crippen molar-refractivity contribution in [3.8, 4) is 11.5 Å². The lowest BCUT2D eigenvalue weighted by atomic mass is 9.95. The molecule has 6 nitrogen and oxygen atoms in total. The maximum absolute atomic E-state index is 14.3. The van der Waals surface area contributed by atoms with Gasteiger partial charge in [-0.1, -0.05) is 23.7 Å². The van der Waals surface area contributed by atoms with Gasteiger partial charge in [0.05, 0.1) is 31.4 Å². The SMILES string of the molecule is CCOC(=O)CC(=O)c1cc(C(O)c2cccc(Cl)c2F)c(OC)cc1OC. The van der Waals surface area contributed by atoms with E-state index in [0.717, 1.165) is 0 Å². The Morgan fingerprint density at radius 2 is 1.82 bits per heavy atom. The first-order valence-electron chi connectivity index (χ1n) is 8.40. The standard InChI is InChI=1S/C20H20ClFO6/c1-4-28-18(24)9-15(23)12-8-13(17(27-3)10-16(12)26-2)20(25)11-6-5-7-14(21)19(11)22/h5-8,10,20,25H,4,9H2,1-3H3. The molecule has 0 bridgehead atoms. The highest BCUT2D eigenvalue weighted by atomic mass is 35.5. The van der Waals surface area contributed by atoms with E-state index in [4.69, 9.17) is 25.8 Å². The minimum Gasteiger partial charge on any atom is -0.496 e. The van der Waals surface area contributed by atoms with Crippen LogP contribution in [0, 0.1) is 5.82 Å². The van der Waals surface area contributed by atoms with Crippen LogP contribution >= 0.6 is 11.6 Å².